The summed E-state index contributed by atoms with van der Waals surface area (Å²) in [6.45, 7) is 0. The average molecular weight is 414 g/mol. The number of thioether (sulfide) groups is 1. The van der Waals surface area contributed by atoms with Crippen LogP contribution >= 0.6 is 11.8 Å². The van der Waals surface area contributed by atoms with Crippen LogP contribution in [0.15, 0.2) is 84.4 Å². The van der Waals surface area contributed by atoms with Crippen molar-refractivity contribution in [2.75, 3.05) is 7.11 Å². The number of rotatable bonds is 6. The van der Waals surface area contributed by atoms with E-state index in [0.717, 1.165) is 33.7 Å². The highest BCUT2D eigenvalue weighted by Crippen LogP contribution is 2.30. The van der Waals surface area contributed by atoms with E-state index in [9.17, 15) is 0 Å². The minimum absolute atomic E-state index is 0.659. The van der Waals surface area contributed by atoms with Gasteiger partial charge in [-0.25, -0.2) is 9.97 Å². The van der Waals surface area contributed by atoms with Crippen molar-refractivity contribution >= 4 is 17.5 Å². The Hall–Kier alpha value is -3.65. The molecule has 3 aromatic heterocycles. The maximum atomic E-state index is 5.30. The normalized spacial score (nSPS) is 11.1. The second-order valence-electron chi connectivity index (χ2n) is 6.55. The molecule has 0 spiro atoms. The van der Waals surface area contributed by atoms with E-state index in [1.807, 2.05) is 77.5 Å². The summed E-state index contributed by atoms with van der Waals surface area (Å²) in [5.41, 5.74) is 2.91. The van der Waals surface area contributed by atoms with E-state index in [1.54, 1.807) is 25.1 Å². The first kappa shape index (κ1) is 18.4. The SMILES string of the molecule is COc1ccc(-n2c(SCc3cn4cccnc4n3)nnc2-c2ccccc2)cc1. The van der Waals surface area contributed by atoms with Gasteiger partial charge < -0.3 is 4.74 Å². The molecule has 0 amide bonds. The molecule has 0 bridgehead atoms. The number of benzene rings is 2. The third-order valence-corrected chi connectivity index (χ3v) is 5.59. The molecule has 0 N–H and O–H groups in total. The topological polar surface area (TPSA) is 70.1 Å². The molecule has 0 atom stereocenters. The molecule has 7 nitrogen and oxygen atoms in total. The van der Waals surface area contributed by atoms with Gasteiger partial charge in [0.05, 0.1) is 12.8 Å². The summed E-state index contributed by atoms with van der Waals surface area (Å²) < 4.78 is 9.28. The molecule has 5 rings (SSSR count). The van der Waals surface area contributed by atoms with Crippen LogP contribution in [-0.4, -0.2) is 36.2 Å². The van der Waals surface area contributed by atoms with Crippen molar-refractivity contribution in [1.29, 1.82) is 0 Å². The maximum Gasteiger partial charge on any atom is 0.233 e. The summed E-state index contributed by atoms with van der Waals surface area (Å²) in [5, 5.41) is 9.75. The molecule has 2 aromatic carbocycles. The zero-order valence-electron chi connectivity index (χ0n) is 16.2. The Labute approximate surface area is 177 Å². The lowest BCUT2D eigenvalue weighted by molar-refractivity contribution is 0.414. The lowest BCUT2D eigenvalue weighted by Crippen LogP contribution is -2.00. The fraction of sp³-hybridized carbons (Fsp3) is 0.0909. The van der Waals surface area contributed by atoms with Crippen LogP contribution in [0.2, 0.25) is 0 Å². The number of hydrogen-bond acceptors (Lipinski definition) is 6. The molecule has 30 heavy (non-hydrogen) atoms. The van der Waals surface area contributed by atoms with Crippen molar-refractivity contribution in [3.05, 3.63) is 84.9 Å². The van der Waals surface area contributed by atoms with Gasteiger partial charge in [0.1, 0.15) is 5.75 Å². The molecule has 0 saturated carbocycles. The van der Waals surface area contributed by atoms with Crippen LogP contribution in [0.5, 0.6) is 5.75 Å². The summed E-state index contributed by atoms with van der Waals surface area (Å²) in [6.07, 6.45) is 5.67. The number of ether oxygens (including phenoxy) is 1. The number of methoxy groups -OCH3 is 1. The standard InChI is InChI=1S/C22H18N6OS/c1-29-19-10-8-18(9-11-19)28-20(16-6-3-2-4-7-16)25-26-22(28)30-15-17-14-27-13-5-12-23-21(27)24-17/h2-14H,15H2,1H3. The lowest BCUT2D eigenvalue weighted by atomic mass is 10.2. The second kappa shape index (κ2) is 8.00. The molecule has 0 aliphatic carbocycles. The number of nitrogens with zero attached hydrogens (tertiary/aromatic N) is 6. The van der Waals surface area contributed by atoms with Crippen LogP contribution in [0.1, 0.15) is 5.69 Å². The summed E-state index contributed by atoms with van der Waals surface area (Å²) in [5.74, 6) is 2.95. The smallest absolute Gasteiger partial charge is 0.233 e. The van der Waals surface area contributed by atoms with Crippen LogP contribution < -0.4 is 4.74 Å². The first-order valence-corrected chi connectivity index (χ1v) is 10.4. The van der Waals surface area contributed by atoms with Gasteiger partial charge in [0, 0.05) is 35.6 Å². The number of hydrogen-bond donors (Lipinski definition) is 0. The maximum absolute atomic E-state index is 5.30. The zero-order valence-corrected chi connectivity index (χ0v) is 17.0. The van der Waals surface area contributed by atoms with Crippen molar-refractivity contribution in [2.45, 2.75) is 10.9 Å². The fourth-order valence-electron chi connectivity index (χ4n) is 3.19. The minimum Gasteiger partial charge on any atom is -0.497 e. The van der Waals surface area contributed by atoms with Crippen LogP contribution in [0.4, 0.5) is 0 Å². The first-order chi connectivity index (χ1) is 14.8. The average Bonchev–Trinajstić information content (AvgIpc) is 3.42. The number of imidazole rings is 1. The van der Waals surface area contributed by atoms with Crippen LogP contribution in [0.25, 0.3) is 22.9 Å². The van der Waals surface area contributed by atoms with Crippen molar-refractivity contribution in [3.63, 3.8) is 0 Å². The van der Waals surface area contributed by atoms with Gasteiger partial charge in [-0.15, -0.1) is 10.2 Å². The van der Waals surface area contributed by atoms with Crippen molar-refractivity contribution in [2.24, 2.45) is 0 Å². The summed E-state index contributed by atoms with van der Waals surface area (Å²) >= 11 is 1.59. The third-order valence-electron chi connectivity index (χ3n) is 4.63. The van der Waals surface area contributed by atoms with Gasteiger partial charge in [-0.05, 0) is 30.3 Å². The molecule has 3 heterocycles. The lowest BCUT2D eigenvalue weighted by Gasteiger charge is -2.11. The van der Waals surface area contributed by atoms with Crippen molar-refractivity contribution < 1.29 is 4.74 Å². The van der Waals surface area contributed by atoms with Gasteiger partial charge in [0.25, 0.3) is 0 Å². The van der Waals surface area contributed by atoms with E-state index in [2.05, 4.69) is 24.7 Å². The van der Waals surface area contributed by atoms with Crippen LogP contribution in [0.3, 0.4) is 0 Å². The Morgan fingerprint density at radius 1 is 0.967 bits per heavy atom. The first-order valence-electron chi connectivity index (χ1n) is 9.38. The monoisotopic (exact) mass is 414 g/mol. The van der Waals surface area contributed by atoms with Crippen molar-refractivity contribution in [3.8, 4) is 22.8 Å². The Kier molecular flexibility index (Phi) is 4.90. The molecular weight excluding hydrogens is 396 g/mol. The summed E-state index contributed by atoms with van der Waals surface area (Å²) in [6, 6.07) is 19.8. The molecule has 0 saturated heterocycles. The van der Waals surface area contributed by atoms with E-state index in [-0.39, 0.29) is 0 Å². The van der Waals surface area contributed by atoms with Gasteiger partial charge in [0.2, 0.25) is 5.78 Å². The largest absolute Gasteiger partial charge is 0.497 e. The van der Waals surface area contributed by atoms with E-state index < -0.39 is 0 Å². The summed E-state index contributed by atoms with van der Waals surface area (Å²) in [7, 11) is 1.66. The van der Waals surface area contributed by atoms with Crippen LogP contribution in [-0.2, 0) is 5.75 Å². The quantitative estimate of drug-likeness (QED) is 0.386. The number of fused-ring (bicyclic) bond motifs is 1. The molecule has 8 heteroatoms. The highest BCUT2D eigenvalue weighted by Gasteiger charge is 2.17. The molecule has 5 aromatic rings. The Balaban J connectivity index is 1.51. The molecule has 0 aliphatic heterocycles. The molecular formula is C22H18N6OS. The predicted octanol–water partition coefficient (Wildman–Crippen LogP) is 4.28. The zero-order chi connectivity index (χ0) is 20.3. The van der Waals surface area contributed by atoms with Gasteiger partial charge >= 0.3 is 0 Å². The second-order valence-corrected chi connectivity index (χ2v) is 7.50. The van der Waals surface area contributed by atoms with Gasteiger partial charge in [0.15, 0.2) is 11.0 Å². The van der Waals surface area contributed by atoms with Crippen LogP contribution in [0, 0.1) is 0 Å². The Morgan fingerprint density at radius 3 is 2.57 bits per heavy atom. The summed E-state index contributed by atoms with van der Waals surface area (Å²) in [4.78, 5) is 8.85. The molecule has 0 fully saturated rings. The molecule has 148 valence electrons. The van der Waals surface area contributed by atoms with Gasteiger partial charge in [-0.1, -0.05) is 42.1 Å². The number of aromatic nitrogens is 6. The highest BCUT2D eigenvalue weighted by atomic mass is 32.2. The Morgan fingerprint density at radius 2 is 1.80 bits per heavy atom. The fourth-order valence-corrected chi connectivity index (χ4v) is 4.02. The molecule has 0 aliphatic rings. The molecule has 0 unspecified atom stereocenters. The van der Waals surface area contributed by atoms with Gasteiger partial charge in [-0.3, -0.25) is 8.97 Å². The Bertz CT molecular complexity index is 1250. The van der Waals surface area contributed by atoms with Gasteiger partial charge in [-0.2, -0.15) is 0 Å². The van der Waals surface area contributed by atoms with E-state index in [1.165, 1.54) is 0 Å². The predicted molar refractivity (Wildman–Crippen MR) is 116 cm³/mol. The van der Waals surface area contributed by atoms with E-state index >= 15 is 0 Å². The minimum atomic E-state index is 0.659. The highest BCUT2D eigenvalue weighted by molar-refractivity contribution is 7.98. The molecule has 0 radical (unpaired) electrons. The van der Waals surface area contributed by atoms with E-state index in [4.69, 9.17) is 4.74 Å². The van der Waals surface area contributed by atoms with Crippen molar-refractivity contribution in [1.82, 2.24) is 29.1 Å². The van der Waals surface area contributed by atoms with E-state index in [0.29, 0.717) is 11.5 Å². The third kappa shape index (κ3) is 3.53.